The number of hydrogen-bond acceptors (Lipinski definition) is 4. The molecule has 1 aromatic rings. The molecule has 3 nitrogen and oxygen atoms in total. The molecule has 0 amide bonds. The van der Waals surface area contributed by atoms with Gasteiger partial charge in [-0.2, -0.15) is 0 Å². The van der Waals surface area contributed by atoms with Gasteiger partial charge in [-0.15, -0.1) is 11.3 Å². The van der Waals surface area contributed by atoms with E-state index in [1.807, 2.05) is 6.07 Å². The first-order chi connectivity index (χ1) is 7.86. The predicted molar refractivity (Wildman–Crippen MR) is 66.5 cm³/mol. The first-order valence-corrected chi connectivity index (χ1v) is 6.77. The molecule has 1 aliphatic carbocycles. The van der Waals surface area contributed by atoms with Crippen LogP contribution in [-0.2, 0) is 0 Å². The number of nitrogens with zero attached hydrogens (tertiary/aromatic N) is 2. The van der Waals surface area contributed by atoms with E-state index >= 15 is 0 Å². The molecule has 2 fully saturated rings. The Morgan fingerprint density at radius 1 is 1.25 bits per heavy atom. The van der Waals surface area contributed by atoms with E-state index in [1.165, 1.54) is 43.0 Å². The van der Waals surface area contributed by atoms with Crippen molar-refractivity contribution >= 4 is 23.3 Å². The maximum Gasteiger partial charge on any atom is 0.160 e. The fourth-order valence-electron chi connectivity index (χ4n) is 2.35. The molecular weight excluding hydrogens is 220 g/mol. The van der Waals surface area contributed by atoms with E-state index in [-0.39, 0.29) is 0 Å². The monoisotopic (exact) mass is 236 g/mol. The summed E-state index contributed by atoms with van der Waals surface area (Å²) in [7, 11) is 0. The van der Waals surface area contributed by atoms with E-state index < -0.39 is 0 Å². The zero-order valence-electron chi connectivity index (χ0n) is 9.26. The maximum absolute atomic E-state index is 10.6. The highest BCUT2D eigenvalue weighted by Crippen LogP contribution is 2.29. The first-order valence-electron chi connectivity index (χ1n) is 5.89. The molecule has 0 N–H and O–H groups in total. The highest BCUT2D eigenvalue weighted by molar-refractivity contribution is 7.12. The van der Waals surface area contributed by atoms with Gasteiger partial charge in [0.05, 0.1) is 4.88 Å². The lowest BCUT2D eigenvalue weighted by Crippen LogP contribution is -2.47. The molecule has 2 aliphatic rings. The van der Waals surface area contributed by atoms with Crippen LogP contribution in [0.5, 0.6) is 0 Å². The molecule has 1 aromatic heterocycles. The Morgan fingerprint density at radius 3 is 2.56 bits per heavy atom. The molecule has 2 heterocycles. The van der Waals surface area contributed by atoms with Crippen LogP contribution in [0.4, 0.5) is 5.69 Å². The number of carbonyl (C=O) groups excluding carboxylic acids is 1. The fourth-order valence-corrected chi connectivity index (χ4v) is 3.07. The number of rotatable bonds is 3. The minimum absolute atomic E-state index is 0.833. The lowest BCUT2D eigenvalue weighted by atomic mass is 10.3. The molecule has 16 heavy (non-hydrogen) atoms. The Hall–Kier alpha value is -0.870. The van der Waals surface area contributed by atoms with Gasteiger partial charge in [0.25, 0.3) is 0 Å². The Morgan fingerprint density at radius 2 is 2.00 bits per heavy atom. The van der Waals surface area contributed by atoms with Gasteiger partial charge in [0.1, 0.15) is 0 Å². The molecular formula is C12H16N2OS. The van der Waals surface area contributed by atoms with Crippen LogP contribution in [-0.4, -0.2) is 43.4 Å². The first kappa shape index (κ1) is 10.3. The maximum atomic E-state index is 10.6. The third-order valence-electron chi connectivity index (χ3n) is 3.46. The molecule has 86 valence electrons. The standard InChI is InChI=1S/C12H16N2OS/c15-8-12-7-11(9-16-12)14-5-3-13(4-6-14)10-1-2-10/h7-10H,1-6H2. The molecule has 1 aliphatic heterocycles. The van der Waals surface area contributed by atoms with Crippen LogP contribution in [0, 0.1) is 0 Å². The molecule has 0 atom stereocenters. The third-order valence-corrected chi connectivity index (χ3v) is 4.31. The smallest absolute Gasteiger partial charge is 0.160 e. The Balaban J connectivity index is 1.61. The lowest BCUT2D eigenvalue weighted by Gasteiger charge is -2.35. The van der Waals surface area contributed by atoms with Crippen molar-refractivity contribution in [2.24, 2.45) is 0 Å². The van der Waals surface area contributed by atoms with E-state index in [1.54, 1.807) is 0 Å². The van der Waals surface area contributed by atoms with Crippen LogP contribution in [0.25, 0.3) is 0 Å². The van der Waals surface area contributed by atoms with Gasteiger partial charge in [-0.1, -0.05) is 0 Å². The Labute approximate surface area is 99.7 Å². The summed E-state index contributed by atoms with van der Waals surface area (Å²) in [4.78, 5) is 16.5. The van der Waals surface area contributed by atoms with Gasteiger partial charge in [-0.3, -0.25) is 9.69 Å². The number of thiophene rings is 1. The summed E-state index contributed by atoms with van der Waals surface area (Å²) in [5.41, 5.74) is 1.22. The second-order valence-electron chi connectivity index (χ2n) is 4.58. The van der Waals surface area contributed by atoms with Crippen molar-refractivity contribution in [1.29, 1.82) is 0 Å². The molecule has 0 spiro atoms. The van der Waals surface area contributed by atoms with E-state index in [0.29, 0.717) is 0 Å². The van der Waals surface area contributed by atoms with Gasteiger partial charge in [-0.25, -0.2) is 0 Å². The molecule has 3 rings (SSSR count). The summed E-state index contributed by atoms with van der Waals surface area (Å²) < 4.78 is 0. The van der Waals surface area contributed by atoms with Crippen molar-refractivity contribution in [3.63, 3.8) is 0 Å². The largest absolute Gasteiger partial charge is 0.368 e. The zero-order chi connectivity index (χ0) is 11.0. The minimum Gasteiger partial charge on any atom is -0.368 e. The molecule has 0 unspecified atom stereocenters. The van der Waals surface area contributed by atoms with Crippen LogP contribution >= 0.6 is 11.3 Å². The topological polar surface area (TPSA) is 23.6 Å². The Kier molecular flexibility index (Phi) is 2.69. The number of aldehydes is 1. The predicted octanol–water partition coefficient (Wildman–Crippen LogP) is 1.84. The molecule has 1 saturated heterocycles. The van der Waals surface area contributed by atoms with E-state index in [2.05, 4.69) is 15.2 Å². The van der Waals surface area contributed by atoms with Crippen LogP contribution < -0.4 is 4.90 Å². The van der Waals surface area contributed by atoms with Crippen molar-refractivity contribution in [3.05, 3.63) is 16.3 Å². The van der Waals surface area contributed by atoms with Crippen molar-refractivity contribution in [3.8, 4) is 0 Å². The zero-order valence-corrected chi connectivity index (χ0v) is 10.1. The quantitative estimate of drug-likeness (QED) is 0.748. The summed E-state index contributed by atoms with van der Waals surface area (Å²) in [6.45, 7) is 4.56. The van der Waals surface area contributed by atoms with Gasteiger partial charge in [-0.05, 0) is 18.9 Å². The summed E-state index contributed by atoms with van der Waals surface area (Å²) in [6, 6.07) is 2.89. The molecule has 1 saturated carbocycles. The SMILES string of the molecule is O=Cc1cc(N2CCN(C3CC3)CC2)cs1. The molecule has 0 aromatic carbocycles. The lowest BCUT2D eigenvalue weighted by molar-refractivity contribution is 0.112. The van der Waals surface area contributed by atoms with Crippen molar-refractivity contribution in [1.82, 2.24) is 4.90 Å². The summed E-state index contributed by atoms with van der Waals surface area (Å²) in [5, 5.41) is 2.09. The molecule has 4 heteroatoms. The van der Waals surface area contributed by atoms with Crippen molar-refractivity contribution in [2.45, 2.75) is 18.9 Å². The van der Waals surface area contributed by atoms with Crippen LogP contribution in [0.1, 0.15) is 22.5 Å². The normalized spacial score (nSPS) is 22.4. The van der Waals surface area contributed by atoms with E-state index in [9.17, 15) is 4.79 Å². The average molecular weight is 236 g/mol. The summed E-state index contributed by atoms with van der Waals surface area (Å²) in [6.07, 6.45) is 3.73. The second-order valence-corrected chi connectivity index (χ2v) is 5.52. The van der Waals surface area contributed by atoms with Gasteiger partial charge in [0.15, 0.2) is 6.29 Å². The van der Waals surface area contributed by atoms with Gasteiger partial charge in [0, 0.05) is 43.3 Å². The van der Waals surface area contributed by atoms with Gasteiger partial charge >= 0.3 is 0 Å². The number of anilines is 1. The number of carbonyl (C=O) groups is 1. The second kappa shape index (κ2) is 4.18. The third kappa shape index (κ3) is 1.99. The number of hydrogen-bond donors (Lipinski definition) is 0. The minimum atomic E-state index is 0.833. The van der Waals surface area contributed by atoms with Crippen molar-refractivity contribution in [2.75, 3.05) is 31.1 Å². The van der Waals surface area contributed by atoms with E-state index in [4.69, 9.17) is 0 Å². The average Bonchev–Trinajstić information content (AvgIpc) is 3.07. The Bertz CT molecular complexity index is 378. The van der Waals surface area contributed by atoms with Gasteiger partial charge in [0.2, 0.25) is 0 Å². The highest BCUT2D eigenvalue weighted by Gasteiger charge is 2.31. The molecule has 0 bridgehead atoms. The van der Waals surface area contributed by atoms with Crippen LogP contribution in [0.15, 0.2) is 11.4 Å². The van der Waals surface area contributed by atoms with E-state index in [0.717, 1.165) is 30.3 Å². The van der Waals surface area contributed by atoms with Gasteiger partial charge < -0.3 is 4.90 Å². The van der Waals surface area contributed by atoms with Crippen LogP contribution in [0.2, 0.25) is 0 Å². The highest BCUT2D eigenvalue weighted by atomic mass is 32.1. The van der Waals surface area contributed by atoms with Crippen LogP contribution in [0.3, 0.4) is 0 Å². The summed E-state index contributed by atoms with van der Waals surface area (Å²) >= 11 is 1.54. The van der Waals surface area contributed by atoms with Crippen molar-refractivity contribution < 1.29 is 4.79 Å². The fraction of sp³-hybridized carbons (Fsp3) is 0.583. The molecule has 0 radical (unpaired) electrons. The number of piperazine rings is 1. The summed E-state index contributed by atoms with van der Waals surface area (Å²) in [5.74, 6) is 0.